The third-order valence-electron chi connectivity index (χ3n) is 4.93. The van der Waals surface area contributed by atoms with Gasteiger partial charge in [0.15, 0.2) is 0 Å². The molecule has 0 spiro atoms. The van der Waals surface area contributed by atoms with E-state index in [9.17, 15) is 0 Å². The van der Waals surface area contributed by atoms with Crippen molar-refractivity contribution in [3.63, 3.8) is 0 Å². The van der Waals surface area contributed by atoms with Gasteiger partial charge in [0.1, 0.15) is 11.6 Å². The first-order valence-electron chi connectivity index (χ1n) is 9.25. The zero-order valence-electron chi connectivity index (χ0n) is 14.8. The molecule has 0 bridgehead atoms. The van der Waals surface area contributed by atoms with Crippen LogP contribution < -0.4 is 10.2 Å². The first kappa shape index (κ1) is 16.6. The van der Waals surface area contributed by atoms with Crippen LogP contribution >= 0.6 is 0 Å². The second kappa shape index (κ2) is 8.04. The number of nitrogens with one attached hydrogen (secondary N) is 1. The van der Waals surface area contributed by atoms with Gasteiger partial charge in [-0.25, -0.2) is 4.98 Å². The number of benzene rings is 1. The minimum Gasteiger partial charge on any atom is -0.467 e. The summed E-state index contributed by atoms with van der Waals surface area (Å²) in [5, 5.41) is 3.30. The molecule has 1 N–H and O–H groups in total. The van der Waals surface area contributed by atoms with Crippen molar-refractivity contribution < 1.29 is 4.42 Å². The van der Waals surface area contributed by atoms with Crippen LogP contribution in [0.25, 0.3) is 0 Å². The molecule has 0 unspecified atom stereocenters. The third kappa shape index (κ3) is 4.23. The molecule has 0 amide bonds. The minimum atomic E-state index is 0.628. The van der Waals surface area contributed by atoms with Gasteiger partial charge in [-0.2, -0.15) is 4.98 Å². The molecule has 3 heterocycles. The van der Waals surface area contributed by atoms with Gasteiger partial charge in [-0.1, -0.05) is 30.3 Å². The number of piperidine rings is 1. The molecule has 1 fully saturated rings. The van der Waals surface area contributed by atoms with E-state index in [1.54, 1.807) is 6.26 Å². The maximum absolute atomic E-state index is 5.35. The monoisotopic (exact) mass is 348 g/mol. The fraction of sp³-hybridized carbons (Fsp3) is 0.333. The number of hydrogen-bond donors (Lipinski definition) is 1. The molecule has 1 aromatic carbocycles. The summed E-state index contributed by atoms with van der Waals surface area (Å²) in [7, 11) is 0. The van der Waals surface area contributed by atoms with E-state index in [-0.39, 0.29) is 0 Å². The van der Waals surface area contributed by atoms with Gasteiger partial charge in [-0.3, -0.25) is 0 Å². The van der Waals surface area contributed by atoms with Crippen molar-refractivity contribution in [2.45, 2.75) is 25.8 Å². The van der Waals surface area contributed by atoms with Gasteiger partial charge in [0, 0.05) is 19.3 Å². The first-order valence-corrected chi connectivity index (χ1v) is 9.25. The molecule has 5 heteroatoms. The van der Waals surface area contributed by atoms with Gasteiger partial charge >= 0.3 is 0 Å². The molecule has 0 radical (unpaired) electrons. The molecule has 1 saturated heterocycles. The highest BCUT2D eigenvalue weighted by atomic mass is 16.3. The number of anilines is 2. The maximum Gasteiger partial charge on any atom is 0.227 e. The zero-order valence-corrected chi connectivity index (χ0v) is 14.8. The Hall–Kier alpha value is -2.82. The average molecular weight is 348 g/mol. The van der Waals surface area contributed by atoms with Gasteiger partial charge in [0.25, 0.3) is 0 Å². The SMILES string of the molecule is c1ccc(CC2CCN(c3nccc(NCc4ccco4)n3)CC2)cc1. The normalized spacial score (nSPS) is 15.2. The Balaban J connectivity index is 1.32. The van der Waals surface area contributed by atoms with E-state index in [4.69, 9.17) is 4.42 Å². The van der Waals surface area contributed by atoms with E-state index in [2.05, 4.69) is 50.5 Å². The molecule has 0 aliphatic carbocycles. The first-order chi connectivity index (χ1) is 12.9. The molecule has 2 aromatic heterocycles. The largest absolute Gasteiger partial charge is 0.467 e. The Kier molecular flexibility index (Phi) is 5.14. The van der Waals surface area contributed by atoms with Crippen LogP contribution in [-0.2, 0) is 13.0 Å². The molecule has 1 aliphatic heterocycles. The molecule has 4 rings (SSSR count). The van der Waals surface area contributed by atoms with Crippen LogP contribution in [0.2, 0.25) is 0 Å². The molecule has 134 valence electrons. The number of furan rings is 1. The lowest BCUT2D eigenvalue weighted by molar-refractivity contribution is 0.400. The Labute approximate surface area is 154 Å². The minimum absolute atomic E-state index is 0.628. The molecule has 0 saturated carbocycles. The topological polar surface area (TPSA) is 54.2 Å². The summed E-state index contributed by atoms with van der Waals surface area (Å²) < 4.78 is 5.35. The lowest BCUT2D eigenvalue weighted by atomic mass is 9.90. The molecule has 26 heavy (non-hydrogen) atoms. The molecule has 0 atom stereocenters. The quantitative estimate of drug-likeness (QED) is 0.725. The maximum atomic E-state index is 5.35. The van der Waals surface area contributed by atoms with Crippen LogP contribution in [0.5, 0.6) is 0 Å². The second-order valence-electron chi connectivity index (χ2n) is 6.79. The highest BCUT2D eigenvalue weighted by Gasteiger charge is 2.21. The number of rotatable bonds is 6. The van der Waals surface area contributed by atoms with Gasteiger partial charge in [-0.15, -0.1) is 0 Å². The van der Waals surface area contributed by atoms with E-state index in [1.165, 1.54) is 24.8 Å². The Bertz CT molecular complexity index is 796. The standard InChI is InChI=1S/C21H24N4O/c1-2-5-17(6-3-1)15-18-9-12-25(13-10-18)21-22-11-8-20(24-21)23-16-19-7-4-14-26-19/h1-8,11,14,18H,9-10,12-13,15-16H2,(H,22,23,24). The van der Waals surface area contributed by atoms with Gasteiger partial charge in [0.2, 0.25) is 5.95 Å². The summed E-state index contributed by atoms with van der Waals surface area (Å²) in [6.45, 7) is 2.65. The summed E-state index contributed by atoms with van der Waals surface area (Å²) in [5.74, 6) is 3.28. The van der Waals surface area contributed by atoms with Gasteiger partial charge < -0.3 is 14.6 Å². The number of aromatic nitrogens is 2. The van der Waals surface area contributed by atoms with Crippen molar-refractivity contribution in [2.24, 2.45) is 5.92 Å². The predicted molar refractivity (Wildman–Crippen MR) is 103 cm³/mol. The summed E-state index contributed by atoms with van der Waals surface area (Å²) in [4.78, 5) is 11.4. The summed E-state index contributed by atoms with van der Waals surface area (Å²) in [6.07, 6.45) is 7.04. The molecule has 1 aliphatic rings. The van der Waals surface area contributed by atoms with E-state index in [0.717, 1.165) is 36.5 Å². The molecule has 3 aromatic rings. The lowest BCUT2D eigenvalue weighted by Crippen LogP contribution is -2.35. The van der Waals surface area contributed by atoms with Crippen molar-refractivity contribution >= 4 is 11.8 Å². The van der Waals surface area contributed by atoms with Crippen molar-refractivity contribution in [2.75, 3.05) is 23.3 Å². The fourth-order valence-corrected chi connectivity index (χ4v) is 3.47. The number of hydrogen-bond acceptors (Lipinski definition) is 5. The fourth-order valence-electron chi connectivity index (χ4n) is 3.47. The van der Waals surface area contributed by atoms with Crippen molar-refractivity contribution in [1.29, 1.82) is 0 Å². The van der Waals surface area contributed by atoms with Crippen LogP contribution in [0, 0.1) is 5.92 Å². The van der Waals surface area contributed by atoms with Crippen LogP contribution in [0.3, 0.4) is 0 Å². The van der Waals surface area contributed by atoms with E-state index >= 15 is 0 Å². The molecule has 5 nitrogen and oxygen atoms in total. The number of nitrogens with zero attached hydrogens (tertiary/aromatic N) is 3. The van der Waals surface area contributed by atoms with Crippen molar-refractivity contribution in [3.8, 4) is 0 Å². The van der Waals surface area contributed by atoms with Crippen molar-refractivity contribution in [3.05, 3.63) is 72.3 Å². The smallest absolute Gasteiger partial charge is 0.227 e. The predicted octanol–water partition coefficient (Wildman–Crippen LogP) is 4.14. The molecular formula is C21H24N4O. The van der Waals surface area contributed by atoms with Gasteiger partial charge in [0.05, 0.1) is 12.8 Å². The molecular weight excluding hydrogens is 324 g/mol. The Morgan fingerprint density at radius 3 is 2.65 bits per heavy atom. The Morgan fingerprint density at radius 2 is 1.88 bits per heavy atom. The third-order valence-corrected chi connectivity index (χ3v) is 4.93. The highest BCUT2D eigenvalue weighted by Crippen LogP contribution is 2.24. The van der Waals surface area contributed by atoms with Crippen LogP contribution in [0.4, 0.5) is 11.8 Å². The van der Waals surface area contributed by atoms with Crippen molar-refractivity contribution in [1.82, 2.24) is 9.97 Å². The van der Waals surface area contributed by atoms with Gasteiger partial charge in [-0.05, 0) is 48.9 Å². The zero-order chi connectivity index (χ0) is 17.6. The van der Waals surface area contributed by atoms with Crippen LogP contribution in [0.15, 0.2) is 65.4 Å². The Morgan fingerprint density at radius 1 is 1.04 bits per heavy atom. The van der Waals surface area contributed by atoms with Crippen LogP contribution in [0.1, 0.15) is 24.2 Å². The summed E-state index contributed by atoms with van der Waals surface area (Å²) in [6, 6.07) is 16.5. The highest BCUT2D eigenvalue weighted by molar-refractivity contribution is 5.41. The average Bonchev–Trinajstić information content (AvgIpc) is 3.22. The summed E-state index contributed by atoms with van der Waals surface area (Å²) >= 11 is 0. The van der Waals surface area contributed by atoms with E-state index < -0.39 is 0 Å². The van der Waals surface area contributed by atoms with E-state index in [0.29, 0.717) is 6.54 Å². The van der Waals surface area contributed by atoms with E-state index in [1.807, 2.05) is 24.4 Å². The summed E-state index contributed by atoms with van der Waals surface area (Å²) in [5.41, 5.74) is 1.44. The second-order valence-corrected chi connectivity index (χ2v) is 6.79. The lowest BCUT2D eigenvalue weighted by Gasteiger charge is -2.32. The van der Waals surface area contributed by atoms with Crippen LogP contribution in [-0.4, -0.2) is 23.1 Å².